The van der Waals surface area contributed by atoms with E-state index in [-0.39, 0.29) is 11.3 Å². The number of rotatable bonds is 4. The van der Waals surface area contributed by atoms with Crippen LogP contribution in [0.25, 0.3) is 49.0 Å². The predicted octanol–water partition coefficient (Wildman–Crippen LogP) is 17.7. The lowest BCUT2D eigenvalue weighted by Crippen LogP contribution is -2.24. The molecular formula is C65H50N4. The van der Waals surface area contributed by atoms with Gasteiger partial charge in [-0.15, -0.1) is 0 Å². The molecular weight excluding hydrogens is 837 g/mol. The Hall–Kier alpha value is -8.34. The van der Waals surface area contributed by atoms with Gasteiger partial charge in [0.15, 0.2) is 0 Å². The van der Waals surface area contributed by atoms with Gasteiger partial charge in [-0.25, -0.2) is 0 Å². The SMILES string of the molecule is CN1c2ccccc2N(c2ccc3c(C4CC=CC5=C4C(C)(C)c4ccccc45)c4cc(N5c6ccccc6N(C)c6ccccc65)ccc4c(-c4ccc5ccccc5c4)c3c2)c2ccccc21. The summed E-state index contributed by atoms with van der Waals surface area (Å²) in [5, 5.41) is 7.57. The van der Waals surface area contributed by atoms with Gasteiger partial charge in [0.1, 0.15) is 0 Å². The largest absolute Gasteiger partial charge is 0.341 e. The Labute approximate surface area is 403 Å². The van der Waals surface area contributed by atoms with Crippen LogP contribution in [-0.2, 0) is 5.41 Å². The Morgan fingerprint density at radius 2 is 0.928 bits per heavy atom. The second-order valence-corrected chi connectivity index (χ2v) is 19.7. The molecule has 2 heterocycles. The average Bonchev–Trinajstić information content (AvgIpc) is 3.64. The molecule has 0 saturated carbocycles. The lowest BCUT2D eigenvalue weighted by atomic mass is 9.69. The van der Waals surface area contributed by atoms with Gasteiger partial charge in [-0.1, -0.05) is 147 Å². The van der Waals surface area contributed by atoms with Crippen LogP contribution < -0.4 is 19.6 Å². The third-order valence-electron chi connectivity index (χ3n) is 15.8. The number of nitrogens with zero attached hydrogens (tertiary/aromatic N) is 4. The summed E-state index contributed by atoms with van der Waals surface area (Å²) in [6.07, 6.45) is 5.78. The molecule has 330 valence electrons. The second kappa shape index (κ2) is 14.8. The van der Waals surface area contributed by atoms with Crippen molar-refractivity contribution >= 4 is 94.8 Å². The van der Waals surface area contributed by atoms with E-state index in [1.807, 2.05) is 0 Å². The van der Waals surface area contributed by atoms with Crippen molar-refractivity contribution in [3.8, 4) is 11.1 Å². The maximum Gasteiger partial charge on any atom is 0.0699 e. The van der Waals surface area contributed by atoms with Crippen LogP contribution in [0.5, 0.6) is 0 Å². The first-order valence-electron chi connectivity index (χ1n) is 24.3. The molecule has 0 amide bonds. The van der Waals surface area contributed by atoms with E-state index in [4.69, 9.17) is 0 Å². The summed E-state index contributed by atoms with van der Waals surface area (Å²) in [6, 6.07) is 75.0. The lowest BCUT2D eigenvalue weighted by molar-refractivity contribution is 0.576. The molecule has 10 aromatic carbocycles. The minimum Gasteiger partial charge on any atom is -0.341 e. The Balaban J connectivity index is 1.11. The quantitative estimate of drug-likeness (QED) is 0.163. The van der Waals surface area contributed by atoms with Crippen LogP contribution in [0.15, 0.2) is 218 Å². The molecule has 4 nitrogen and oxygen atoms in total. The number of allylic oxidation sites excluding steroid dienone is 4. The van der Waals surface area contributed by atoms with Crippen LogP contribution in [0.3, 0.4) is 0 Å². The highest BCUT2D eigenvalue weighted by molar-refractivity contribution is 6.18. The molecule has 10 aromatic rings. The van der Waals surface area contributed by atoms with Crippen molar-refractivity contribution in [1.29, 1.82) is 0 Å². The highest BCUT2D eigenvalue weighted by atomic mass is 15.3. The first kappa shape index (κ1) is 39.8. The Bertz CT molecular complexity index is 3780. The number of anilines is 10. The minimum absolute atomic E-state index is 0.126. The number of fused-ring (bicyclic) bond motifs is 9. The van der Waals surface area contributed by atoms with Crippen molar-refractivity contribution in [2.45, 2.75) is 31.6 Å². The fourth-order valence-corrected chi connectivity index (χ4v) is 12.8. The number of hydrogen-bond donors (Lipinski definition) is 0. The van der Waals surface area contributed by atoms with Gasteiger partial charge in [-0.3, -0.25) is 0 Å². The minimum atomic E-state index is -0.169. The number of benzene rings is 10. The summed E-state index contributed by atoms with van der Waals surface area (Å²) in [6.45, 7) is 4.91. The molecule has 1 unspecified atom stereocenters. The molecule has 0 saturated heterocycles. The third kappa shape index (κ3) is 5.69. The zero-order chi connectivity index (χ0) is 46.1. The second-order valence-electron chi connectivity index (χ2n) is 19.7. The molecule has 0 N–H and O–H groups in total. The van der Waals surface area contributed by atoms with E-state index in [0.29, 0.717) is 0 Å². The molecule has 0 fully saturated rings. The highest BCUT2D eigenvalue weighted by Crippen LogP contribution is 2.59. The summed E-state index contributed by atoms with van der Waals surface area (Å²) < 4.78 is 0. The molecule has 4 heteroatoms. The summed E-state index contributed by atoms with van der Waals surface area (Å²) in [5.41, 5.74) is 21.1. The van der Waals surface area contributed by atoms with Gasteiger partial charge in [-0.2, -0.15) is 0 Å². The molecule has 0 spiro atoms. The van der Waals surface area contributed by atoms with Crippen LogP contribution in [0.2, 0.25) is 0 Å². The van der Waals surface area contributed by atoms with Gasteiger partial charge in [0, 0.05) is 36.8 Å². The van der Waals surface area contributed by atoms with E-state index in [0.717, 1.165) is 17.8 Å². The fourth-order valence-electron chi connectivity index (χ4n) is 12.8. The number of para-hydroxylation sites is 8. The molecule has 0 aromatic heterocycles. The van der Waals surface area contributed by atoms with E-state index >= 15 is 0 Å². The molecule has 0 radical (unpaired) electrons. The van der Waals surface area contributed by atoms with Gasteiger partial charge < -0.3 is 19.6 Å². The first-order chi connectivity index (χ1) is 33.8. The van der Waals surface area contributed by atoms with E-state index in [9.17, 15) is 0 Å². The molecule has 14 rings (SSSR count). The first-order valence-corrected chi connectivity index (χ1v) is 24.3. The zero-order valence-corrected chi connectivity index (χ0v) is 39.3. The standard InChI is InChI=1S/C65H50N4/c1-65(2)53-23-8-7-20-46(53)49-21-17-22-50(64(49)65)63-48-37-35-44(68-58-28-13-9-24-54(58)66(3)55-25-10-14-29-59(55)68)39-51(48)62(43-33-32-41-18-5-6-19-42(41)38-43)47-36-34-45(40-52(47)63)69-60-30-15-11-26-56(60)67(4)57-27-12-16-31-61(57)69/h5-21,23-40,50H,22H2,1-4H3. The number of hydrogen-bond acceptors (Lipinski definition) is 4. The lowest BCUT2D eigenvalue weighted by Gasteiger charge is -2.39. The Kier molecular flexibility index (Phi) is 8.55. The van der Waals surface area contributed by atoms with Crippen molar-refractivity contribution < 1.29 is 0 Å². The van der Waals surface area contributed by atoms with Crippen molar-refractivity contribution in [3.05, 3.63) is 235 Å². The van der Waals surface area contributed by atoms with Gasteiger partial charge in [0.2, 0.25) is 0 Å². The maximum atomic E-state index is 2.53. The van der Waals surface area contributed by atoms with Gasteiger partial charge in [0.05, 0.1) is 45.5 Å². The molecule has 4 aliphatic rings. The fraction of sp³-hybridized carbons (Fsp3) is 0.108. The summed E-state index contributed by atoms with van der Waals surface area (Å²) in [4.78, 5) is 9.62. The van der Waals surface area contributed by atoms with Crippen molar-refractivity contribution in [2.24, 2.45) is 0 Å². The monoisotopic (exact) mass is 886 g/mol. The molecule has 1 atom stereocenters. The van der Waals surface area contributed by atoms with Crippen LogP contribution >= 0.6 is 0 Å². The van der Waals surface area contributed by atoms with E-state index < -0.39 is 0 Å². The van der Waals surface area contributed by atoms with E-state index in [1.54, 1.807) is 0 Å². The predicted molar refractivity (Wildman–Crippen MR) is 293 cm³/mol. The van der Waals surface area contributed by atoms with Gasteiger partial charge >= 0.3 is 0 Å². The van der Waals surface area contributed by atoms with Gasteiger partial charge in [0.25, 0.3) is 0 Å². The summed E-state index contributed by atoms with van der Waals surface area (Å²) in [5.74, 6) is 0.126. The van der Waals surface area contributed by atoms with Crippen molar-refractivity contribution in [3.63, 3.8) is 0 Å². The Morgan fingerprint density at radius 1 is 0.435 bits per heavy atom. The molecule has 2 aliphatic heterocycles. The van der Waals surface area contributed by atoms with E-state index in [2.05, 4.69) is 260 Å². The van der Waals surface area contributed by atoms with Gasteiger partial charge in [-0.05, 0) is 157 Å². The van der Waals surface area contributed by atoms with Crippen molar-refractivity contribution in [2.75, 3.05) is 33.7 Å². The maximum absolute atomic E-state index is 2.53. The van der Waals surface area contributed by atoms with Crippen LogP contribution in [-0.4, -0.2) is 14.1 Å². The third-order valence-corrected chi connectivity index (χ3v) is 15.8. The van der Waals surface area contributed by atoms with E-state index in [1.165, 1.54) is 117 Å². The topological polar surface area (TPSA) is 13.0 Å². The molecule has 2 aliphatic carbocycles. The summed E-state index contributed by atoms with van der Waals surface area (Å²) >= 11 is 0. The summed E-state index contributed by atoms with van der Waals surface area (Å²) in [7, 11) is 4.37. The Morgan fingerprint density at radius 3 is 1.52 bits per heavy atom. The molecule has 69 heavy (non-hydrogen) atoms. The highest BCUT2D eigenvalue weighted by Gasteiger charge is 2.43. The van der Waals surface area contributed by atoms with Crippen LogP contribution in [0.1, 0.15) is 42.9 Å². The van der Waals surface area contributed by atoms with Crippen LogP contribution in [0, 0.1) is 0 Å². The zero-order valence-electron chi connectivity index (χ0n) is 39.3. The average molecular weight is 887 g/mol. The normalized spacial score (nSPS) is 16.4. The van der Waals surface area contributed by atoms with Crippen molar-refractivity contribution in [1.82, 2.24) is 0 Å². The smallest absolute Gasteiger partial charge is 0.0699 e. The van der Waals surface area contributed by atoms with Crippen LogP contribution in [0.4, 0.5) is 56.9 Å². The molecule has 0 bridgehead atoms.